The monoisotopic (exact) mass is 238 g/mol. The summed E-state index contributed by atoms with van der Waals surface area (Å²) in [5, 5.41) is 7.32. The molecule has 1 aliphatic rings. The van der Waals surface area contributed by atoms with E-state index in [1.807, 2.05) is 18.2 Å². The van der Waals surface area contributed by atoms with Gasteiger partial charge in [0, 0.05) is 18.5 Å². The number of rotatable bonds is 5. The first kappa shape index (κ1) is 11.5. The van der Waals surface area contributed by atoms with Gasteiger partial charge in [-0.15, -0.1) is 9.63 Å². The van der Waals surface area contributed by atoms with Crippen LogP contribution in [0.2, 0.25) is 0 Å². The van der Waals surface area contributed by atoms with Gasteiger partial charge in [0.1, 0.15) is 5.37 Å². The van der Waals surface area contributed by atoms with Crippen LogP contribution in [0.4, 0.5) is 0 Å². The van der Waals surface area contributed by atoms with E-state index in [2.05, 4.69) is 27.1 Å². The van der Waals surface area contributed by atoms with Crippen molar-refractivity contribution >= 4 is 11.9 Å². The molecule has 1 aromatic rings. The van der Waals surface area contributed by atoms with E-state index in [1.54, 1.807) is 0 Å². The molecule has 0 saturated heterocycles. The molecule has 0 fully saturated rings. The maximum atomic E-state index is 5.32. The minimum Gasteiger partial charge on any atom is -0.337 e. The van der Waals surface area contributed by atoms with Crippen LogP contribution in [0, 0.1) is 0 Å². The first-order valence-electron chi connectivity index (χ1n) is 5.05. The van der Waals surface area contributed by atoms with Crippen LogP contribution < -0.4 is 11.1 Å². The lowest BCUT2D eigenvalue weighted by Crippen LogP contribution is -2.36. The Balaban J connectivity index is 1.82. The zero-order valence-electron chi connectivity index (χ0n) is 8.74. The second kappa shape index (κ2) is 5.95. The van der Waals surface area contributed by atoms with E-state index in [0.29, 0.717) is 0 Å². The third-order valence-electron chi connectivity index (χ3n) is 2.20. The lowest BCUT2D eigenvalue weighted by molar-refractivity contribution is 0.0560. The molecule has 5 nitrogen and oxygen atoms in total. The summed E-state index contributed by atoms with van der Waals surface area (Å²) in [5.41, 5.74) is 6.54. The molecule has 1 aliphatic heterocycles. The van der Waals surface area contributed by atoms with Gasteiger partial charge in [0.15, 0.2) is 6.23 Å². The van der Waals surface area contributed by atoms with Gasteiger partial charge in [-0.1, -0.05) is 30.3 Å². The summed E-state index contributed by atoms with van der Waals surface area (Å²) in [7, 11) is 0. The van der Waals surface area contributed by atoms with Gasteiger partial charge < -0.3 is 10.5 Å². The van der Waals surface area contributed by atoms with Crippen molar-refractivity contribution in [1.82, 2.24) is 5.32 Å². The number of hydrogen-bond acceptors (Lipinski definition) is 6. The summed E-state index contributed by atoms with van der Waals surface area (Å²) in [6.07, 6.45) is -0.279. The van der Waals surface area contributed by atoms with Crippen molar-refractivity contribution in [2.45, 2.75) is 18.1 Å². The van der Waals surface area contributed by atoms with Crippen molar-refractivity contribution in [3.8, 4) is 0 Å². The highest BCUT2D eigenvalue weighted by Gasteiger charge is 2.26. The highest BCUT2D eigenvalue weighted by Crippen LogP contribution is 2.25. The number of nitrogens with zero attached hydrogens (tertiary/aromatic N) is 2. The Morgan fingerprint density at radius 1 is 1.38 bits per heavy atom. The third kappa shape index (κ3) is 3.02. The molecular formula is C10H14N4OS. The van der Waals surface area contributed by atoms with Crippen LogP contribution in [0.5, 0.6) is 0 Å². The van der Waals surface area contributed by atoms with Crippen molar-refractivity contribution in [1.29, 1.82) is 0 Å². The van der Waals surface area contributed by atoms with Crippen LogP contribution in [0.25, 0.3) is 0 Å². The normalized spacial score (nSPS) is 23.8. The van der Waals surface area contributed by atoms with E-state index in [0.717, 1.165) is 6.54 Å². The minimum absolute atomic E-state index is 0.0451. The first-order valence-corrected chi connectivity index (χ1v) is 5.89. The quantitative estimate of drug-likeness (QED) is 0.602. The Labute approximate surface area is 98.6 Å². The second-order valence-electron chi connectivity index (χ2n) is 3.31. The van der Waals surface area contributed by atoms with E-state index in [-0.39, 0.29) is 18.3 Å². The lowest BCUT2D eigenvalue weighted by atomic mass is 10.2. The molecule has 2 unspecified atom stereocenters. The van der Waals surface area contributed by atoms with Crippen molar-refractivity contribution in [3.63, 3.8) is 0 Å². The molecule has 0 spiro atoms. The van der Waals surface area contributed by atoms with Gasteiger partial charge in [0.05, 0.1) is 6.73 Å². The summed E-state index contributed by atoms with van der Waals surface area (Å²) >= 11 is 1.38. The molecule has 0 saturated carbocycles. The third-order valence-corrected chi connectivity index (χ3v) is 3.01. The van der Waals surface area contributed by atoms with Crippen LogP contribution in [-0.4, -0.2) is 18.3 Å². The van der Waals surface area contributed by atoms with Crippen LogP contribution in [0.15, 0.2) is 40.0 Å². The first-order chi connectivity index (χ1) is 7.90. The van der Waals surface area contributed by atoms with Gasteiger partial charge >= 0.3 is 0 Å². The average molecular weight is 238 g/mol. The molecule has 0 amide bonds. The summed E-state index contributed by atoms with van der Waals surface area (Å²) in [5.74, 6) is 0. The standard InChI is InChI=1S/C10H14N4OS/c11-7-15-9-10(16-14-13-9)12-6-8-4-2-1-3-5-8/h1-5,9-10,12H,6-7,11H2. The number of nitrogens with one attached hydrogen (secondary N) is 1. The maximum Gasteiger partial charge on any atom is 0.197 e. The summed E-state index contributed by atoms with van der Waals surface area (Å²) < 4.78 is 9.11. The van der Waals surface area contributed by atoms with Crippen LogP contribution in [0.3, 0.4) is 0 Å². The van der Waals surface area contributed by atoms with Crippen molar-refractivity contribution < 1.29 is 4.74 Å². The fourth-order valence-electron chi connectivity index (χ4n) is 1.41. The lowest BCUT2D eigenvalue weighted by Gasteiger charge is -2.16. The highest BCUT2D eigenvalue weighted by molar-refractivity contribution is 7.98. The summed E-state index contributed by atoms with van der Waals surface area (Å²) in [4.78, 5) is 0. The van der Waals surface area contributed by atoms with E-state index in [4.69, 9.17) is 10.5 Å². The zero-order chi connectivity index (χ0) is 11.2. The van der Waals surface area contributed by atoms with Crippen molar-refractivity contribution in [2.75, 3.05) is 6.73 Å². The largest absolute Gasteiger partial charge is 0.337 e. The number of ether oxygens (including phenoxy) is 1. The molecule has 0 aromatic heterocycles. The molecule has 6 heteroatoms. The predicted molar refractivity (Wildman–Crippen MR) is 63.4 cm³/mol. The fraction of sp³-hybridized carbons (Fsp3) is 0.400. The minimum atomic E-state index is -0.279. The number of hydrogen-bond donors (Lipinski definition) is 2. The molecule has 1 aromatic carbocycles. The highest BCUT2D eigenvalue weighted by atomic mass is 32.2. The van der Waals surface area contributed by atoms with E-state index < -0.39 is 0 Å². The van der Waals surface area contributed by atoms with Crippen LogP contribution in [-0.2, 0) is 11.3 Å². The fourth-order valence-corrected chi connectivity index (χ4v) is 2.05. The zero-order valence-corrected chi connectivity index (χ0v) is 9.56. The van der Waals surface area contributed by atoms with Gasteiger partial charge in [-0.25, -0.2) is 0 Å². The molecule has 0 aliphatic carbocycles. The molecule has 2 atom stereocenters. The van der Waals surface area contributed by atoms with Crippen molar-refractivity contribution in [2.24, 2.45) is 15.4 Å². The van der Waals surface area contributed by atoms with Gasteiger partial charge in [-0.2, -0.15) is 0 Å². The Bertz CT molecular complexity index is 346. The predicted octanol–water partition coefficient (Wildman–Crippen LogP) is 1.48. The van der Waals surface area contributed by atoms with E-state index in [1.165, 1.54) is 17.5 Å². The Morgan fingerprint density at radius 3 is 2.94 bits per heavy atom. The molecule has 3 N–H and O–H groups in total. The van der Waals surface area contributed by atoms with Crippen LogP contribution in [0.1, 0.15) is 5.56 Å². The number of nitrogens with two attached hydrogens (primary N) is 1. The molecule has 1 heterocycles. The molecule has 0 bridgehead atoms. The second-order valence-corrected chi connectivity index (χ2v) is 4.20. The maximum absolute atomic E-state index is 5.32. The molecule has 2 rings (SSSR count). The topological polar surface area (TPSA) is 72.0 Å². The summed E-state index contributed by atoms with van der Waals surface area (Å²) in [6, 6.07) is 10.2. The number of benzene rings is 1. The van der Waals surface area contributed by atoms with Crippen LogP contribution >= 0.6 is 11.9 Å². The van der Waals surface area contributed by atoms with E-state index >= 15 is 0 Å². The SMILES string of the molecule is NCOC1N=NSC1NCc1ccccc1. The molecular weight excluding hydrogens is 224 g/mol. The molecule has 16 heavy (non-hydrogen) atoms. The average Bonchev–Trinajstić information content (AvgIpc) is 2.76. The summed E-state index contributed by atoms with van der Waals surface area (Å²) in [6.45, 7) is 0.932. The van der Waals surface area contributed by atoms with Gasteiger partial charge in [0.2, 0.25) is 0 Å². The van der Waals surface area contributed by atoms with Gasteiger partial charge in [-0.3, -0.25) is 5.32 Å². The Hall–Kier alpha value is -0.950. The molecule has 86 valence electrons. The molecule has 0 radical (unpaired) electrons. The van der Waals surface area contributed by atoms with Gasteiger partial charge in [-0.05, 0) is 5.56 Å². The van der Waals surface area contributed by atoms with Crippen molar-refractivity contribution in [3.05, 3.63) is 35.9 Å². The van der Waals surface area contributed by atoms with Gasteiger partial charge in [0.25, 0.3) is 0 Å². The Kier molecular flexibility index (Phi) is 4.29. The van der Waals surface area contributed by atoms with E-state index in [9.17, 15) is 0 Å². The smallest absolute Gasteiger partial charge is 0.197 e. The Morgan fingerprint density at radius 2 is 2.19 bits per heavy atom.